The van der Waals surface area contributed by atoms with Crippen LogP contribution in [-0.2, 0) is 17.9 Å². The maximum Gasteiger partial charge on any atom is 0.240 e. The molecule has 6 nitrogen and oxygen atoms in total. The average Bonchev–Trinajstić information content (AvgIpc) is 3.17. The van der Waals surface area contributed by atoms with Crippen LogP contribution < -0.4 is 5.32 Å². The van der Waals surface area contributed by atoms with Crippen molar-refractivity contribution in [2.45, 2.75) is 13.1 Å². The number of carbonyl (C=O) groups is 1. The fourth-order valence-corrected chi connectivity index (χ4v) is 2.88. The minimum atomic E-state index is -0.126. The minimum Gasteiger partial charge on any atom is -0.350 e. The molecule has 0 atom stereocenters. The highest BCUT2D eigenvalue weighted by Crippen LogP contribution is 2.22. The summed E-state index contributed by atoms with van der Waals surface area (Å²) < 4.78 is 2.12. The standard InChI is InChI=1S/C14H13N5OS2/c20-12(16-8-10-3-1-5-15-7-10)9-19-13(17-18-14(19)21)11-4-2-6-22-11/h1-7H,8-9H2,(H,16,20)(H,18,21). The zero-order valence-electron chi connectivity index (χ0n) is 11.5. The van der Waals surface area contributed by atoms with Crippen molar-refractivity contribution in [3.8, 4) is 10.7 Å². The van der Waals surface area contributed by atoms with Crippen molar-refractivity contribution < 1.29 is 4.79 Å². The van der Waals surface area contributed by atoms with Gasteiger partial charge < -0.3 is 5.32 Å². The number of H-pyrrole nitrogens is 1. The van der Waals surface area contributed by atoms with E-state index >= 15 is 0 Å². The van der Waals surface area contributed by atoms with Crippen LogP contribution in [0.3, 0.4) is 0 Å². The molecule has 0 unspecified atom stereocenters. The lowest BCUT2D eigenvalue weighted by atomic mass is 10.3. The minimum absolute atomic E-state index is 0.126. The van der Waals surface area contributed by atoms with Gasteiger partial charge in [0.25, 0.3) is 0 Å². The molecule has 3 aromatic heterocycles. The number of nitrogens with one attached hydrogen (secondary N) is 2. The Balaban J connectivity index is 1.70. The van der Waals surface area contributed by atoms with Crippen molar-refractivity contribution in [2.75, 3.05) is 0 Å². The third kappa shape index (κ3) is 3.29. The highest BCUT2D eigenvalue weighted by molar-refractivity contribution is 7.71. The summed E-state index contributed by atoms with van der Waals surface area (Å²) >= 11 is 6.75. The van der Waals surface area contributed by atoms with Crippen LogP contribution in [0.25, 0.3) is 10.7 Å². The Labute approximate surface area is 135 Å². The summed E-state index contributed by atoms with van der Waals surface area (Å²) in [5.41, 5.74) is 0.949. The number of pyridine rings is 1. The van der Waals surface area contributed by atoms with E-state index in [0.29, 0.717) is 17.1 Å². The van der Waals surface area contributed by atoms with E-state index in [-0.39, 0.29) is 12.5 Å². The van der Waals surface area contributed by atoms with Crippen LogP contribution in [0.15, 0.2) is 42.0 Å². The number of carbonyl (C=O) groups excluding carboxylic acids is 1. The molecule has 0 saturated heterocycles. The number of thiophene rings is 1. The van der Waals surface area contributed by atoms with Gasteiger partial charge in [0.05, 0.1) is 4.88 Å². The van der Waals surface area contributed by atoms with Crippen molar-refractivity contribution in [1.29, 1.82) is 0 Å². The average molecular weight is 331 g/mol. The van der Waals surface area contributed by atoms with Crippen molar-refractivity contribution in [1.82, 2.24) is 25.1 Å². The van der Waals surface area contributed by atoms with Crippen LogP contribution in [0.1, 0.15) is 5.56 Å². The second-order valence-electron chi connectivity index (χ2n) is 4.55. The first-order chi connectivity index (χ1) is 10.7. The van der Waals surface area contributed by atoms with E-state index in [9.17, 15) is 4.79 Å². The van der Waals surface area contributed by atoms with E-state index in [4.69, 9.17) is 12.2 Å². The molecule has 22 heavy (non-hydrogen) atoms. The van der Waals surface area contributed by atoms with E-state index < -0.39 is 0 Å². The molecule has 112 valence electrons. The Bertz CT molecular complexity index is 807. The number of rotatable bonds is 5. The summed E-state index contributed by atoms with van der Waals surface area (Å²) in [6.07, 6.45) is 3.42. The molecule has 3 heterocycles. The Morgan fingerprint density at radius 1 is 1.41 bits per heavy atom. The molecule has 3 rings (SSSR count). The quantitative estimate of drug-likeness (QED) is 0.704. The van der Waals surface area contributed by atoms with Gasteiger partial charge >= 0.3 is 0 Å². The van der Waals surface area contributed by atoms with Crippen LogP contribution >= 0.6 is 23.6 Å². The van der Waals surface area contributed by atoms with E-state index in [1.165, 1.54) is 0 Å². The number of aromatic nitrogens is 4. The maximum absolute atomic E-state index is 12.1. The normalized spacial score (nSPS) is 10.5. The van der Waals surface area contributed by atoms with Gasteiger partial charge in [-0.05, 0) is 35.3 Å². The molecule has 0 aromatic carbocycles. The molecular formula is C14H13N5OS2. The highest BCUT2D eigenvalue weighted by atomic mass is 32.1. The van der Waals surface area contributed by atoms with Crippen molar-refractivity contribution in [2.24, 2.45) is 0 Å². The Hall–Kier alpha value is -2.32. The first-order valence-electron chi connectivity index (χ1n) is 6.59. The first kappa shape index (κ1) is 14.6. The zero-order chi connectivity index (χ0) is 15.4. The zero-order valence-corrected chi connectivity index (χ0v) is 13.2. The summed E-state index contributed by atoms with van der Waals surface area (Å²) in [5.74, 6) is 0.552. The molecule has 0 radical (unpaired) electrons. The Kier molecular flexibility index (Phi) is 4.40. The summed E-state index contributed by atoms with van der Waals surface area (Å²) in [4.78, 5) is 17.1. The molecule has 0 spiro atoms. The molecule has 0 saturated carbocycles. The maximum atomic E-state index is 12.1. The van der Waals surface area contributed by atoms with Gasteiger partial charge in [0.15, 0.2) is 10.6 Å². The van der Waals surface area contributed by atoms with Crippen LogP contribution in [0.5, 0.6) is 0 Å². The van der Waals surface area contributed by atoms with E-state index in [0.717, 1.165) is 10.4 Å². The Morgan fingerprint density at radius 3 is 3.05 bits per heavy atom. The number of hydrogen-bond acceptors (Lipinski definition) is 5. The molecule has 0 aliphatic carbocycles. The summed E-state index contributed by atoms with van der Waals surface area (Å²) in [6.45, 7) is 0.564. The molecule has 3 aromatic rings. The molecule has 1 amide bonds. The molecule has 0 aliphatic heterocycles. The van der Waals surface area contributed by atoms with Crippen molar-refractivity contribution in [3.05, 3.63) is 52.4 Å². The van der Waals surface area contributed by atoms with Crippen LogP contribution in [0.2, 0.25) is 0 Å². The molecule has 0 bridgehead atoms. The summed E-state index contributed by atoms with van der Waals surface area (Å²) in [5, 5.41) is 11.7. The van der Waals surface area contributed by atoms with E-state index in [2.05, 4.69) is 20.5 Å². The van der Waals surface area contributed by atoms with Crippen LogP contribution in [-0.4, -0.2) is 25.7 Å². The van der Waals surface area contributed by atoms with Crippen molar-refractivity contribution in [3.63, 3.8) is 0 Å². The van der Waals surface area contributed by atoms with Gasteiger partial charge in [-0.25, -0.2) is 0 Å². The largest absolute Gasteiger partial charge is 0.350 e. The number of amides is 1. The van der Waals surface area contributed by atoms with Gasteiger partial charge in [0.2, 0.25) is 5.91 Å². The fourth-order valence-electron chi connectivity index (χ4n) is 1.96. The molecule has 0 fully saturated rings. The third-order valence-corrected chi connectivity index (χ3v) is 4.19. The topological polar surface area (TPSA) is 75.6 Å². The van der Waals surface area contributed by atoms with E-state index in [1.807, 2.05) is 29.6 Å². The number of aromatic amines is 1. The van der Waals surface area contributed by atoms with E-state index in [1.54, 1.807) is 28.3 Å². The van der Waals surface area contributed by atoms with Gasteiger partial charge in [0, 0.05) is 18.9 Å². The molecular weight excluding hydrogens is 318 g/mol. The lowest BCUT2D eigenvalue weighted by Gasteiger charge is -2.07. The van der Waals surface area contributed by atoms with Crippen molar-refractivity contribution >= 4 is 29.5 Å². The predicted molar refractivity (Wildman–Crippen MR) is 86.8 cm³/mol. The van der Waals surface area contributed by atoms with Gasteiger partial charge in [-0.15, -0.1) is 11.3 Å². The smallest absolute Gasteiger partial charge is 0.240 e. The van der Waals surface area contributed by atoms with Gasteiger partial charge in [-0.3, -0.25) is 19.4 Å². The number of hydrogen-bond donors (Lipinski definition) is 2. The number of nitrogens with zero attached hydrogens (tertiary/aromatic N) is 3. The summed E-state index contributed by atoms with van der Waals surface area (Å²) in [6, 6.07) is 7.63. The second-order valence-corrected chi connectivity index (χ2v) is 5.89. The first-order valence-corrected chi connectivity index (χ1v) is 7.87. The Morgan fingerprint density at radius 2 is 2.32 bits per heavy atom. The third-order valence-electron chi connectivity index (χ3n) is 3.01. The SMILES string of the molecule is O=C(Cn1c(-c2cccs2)n[nH]c1=S)NCc1cccnc1. The lowest BCUT2D eigenvalue weighted by Crippen LogP contribution is -2.27. The lowest BCUT2D eigenvalue weighted by molar-refractivity contribution is -0.121. The van der Waals surface area contributed by atoms with Gasteiger partial charge in [0.1, 0.15) is 6.54 Å². The fraction of sp³-hybridized carbons (Fsp3) is 0.143. The van der Waals surface area contributed by atoms with Crippen LogP contribution in [0, 0.1) is 4.77 Å². The molecule has 8 heteroatoms. The summed E-state index contributed by atoms with van der Waals surface area (Å²) in [7, 11) is 0. The van der Waals surface area contributed by atoms with Gasteiger partial charge in [-0.2, -0.15) is 5.10 Å². The predicted octanol–water partition coefficient (Wildman–Crippen LogP) is 2.38. The molecule has 0 aliphatic rings. The highest BCUT2D eigenvalue weighted by Gasteiger charge is 2.12. The monoisotopic (exact) mass is 331 g/mol. The van der Waals surface area contributed by atoms with Crippen LogP contribution in [0.4, 0.5) is 0 Å². The van der Waals surface area contributed by atoms with Gasteiger partial charge in [-0.1, -0.05) is 12.1 Å². The molecule has 2 N–H and O–H groups in total. The second kappa shape index (κ2) is 6.63.